The Morgan fingerprint density at radius 2 is 1.33 bits per heavy atom. The number of aryl methyl sites for hydroxylation is 2. The van der Waals surface area contributed by atoms with Gasteiger partial charge >= 0.3 is 0 Å². The Labute approximate surface area is 124 Å². The van der Waals surface area contributed by atoms with Gasteiger partial charge in [-0.2, -0.15) is 0 Å². The third kappa shape index (κ3) is 2.49. The molecule has 0 amide bonds. The van der Waals surface area contributed by atoms with Gasteiger partial charge in [-0.25, -0.2) is 8.42 Å². The summed E-state index contributed by atoms with van der Waals surface area (Å²) in [5.74, 6) is -0.793. The van der Waals surface area contributed by atoms with Gasteiger partial charge in [-0.1, -0.05) is 6.07 Å². The van der Waals surface area contributed by atoms with Crippen molar-refractivity contribution in [2.24, 2.45) is 0 Å². The topological polar surface area (TPSA) is 74.6 Å². The molecule has 112 valence electrons. The highest BCUT2D eigenvalue weighted by atomic mass is 32.2. The zero-order valence-electron chi connectivity index (χ0n) is 12.4. The molecule has 0 radical (unpaired) electrons. The molecule has 0 saturated carbocycles. The summed E-state index contributed by atoms with van der Waals surface area (Å²) < 4.78 is 25.7. The largest absolute Gasteiger partial charge is 0.504 e. The highest BCUT2D eigenvalue weighted by Gasteiger charge is 2.25. The highest BCUT2D eigenvalue weighted by Crippen LogP contribution is 2.34. The SMILES string of the molecule is Cc1cc(C)c(C)c(S(=O)(=O)c2ccc(O)c(O)c2)c1C. The first kappa shape index (κ1) is 15.4. The van der Waals surface area contributed by atoms with E-state index in [2.05, 4.69) is 0 Å². The monoisotopic (exact) mass is 306 g/mol. The third-order valence-electron chi connectivity index (χ3n) is 3.82. The summed E-state index contributed by atoms with van der Waals surface area (Å²) in [6.45, 7) is 7.29. The fourth-order valence-corrected chi connectivity index (χ4v) is 4.25. The molecule has 0 aliphatic heterocycles. The van der Waals surface area contributed by atoms with Crippen molar-refractivity contribution in [3.8, 4) is 11.5 Å². The average molecular weight is 306 g/mol. The van der Waals surface area contributed by atoms with Crippen molar-refractivity contribution >= 4 is 9.84 Å². The smallest absolute Gasteiger partial charge is 0.207 e. The first-order valence-electron chi connectivity index (χ1n) is 6.50. The van der Waals surface area contributed by atoms with E-state index in [4.69, 9.17) is 0 Å². The maximum atomic E-state index is 12.9. The second-order valence-electron chi connectivity index (χ2n) is 5.24. The first-order chi connectivity index (χ1) is 9.66. The van der Waals surface area contributed by atoms with Gasteiger partial charge in [0, 0.05) is 6.07 Å². The van der Waals surface area contributed by atoms with Gasteiger partial charge in [0.25, 0.3) is 0 Å². The molecule has 0 unspecified atom stereocenters. The molecule has 2 aromatic rings. The number of phenolic OH excluding ortho intramolecular Hbond substituents is 2. The molecule has 0 saturated heterocycles. The minimum absolute atomic E-state index is 0.0333. The fourth-order valence-electron chi connectivity index (χ4n) is 2.37. The zero-order chi connectivity index (χ0) is 15.9. The lowest BCUT2D eigenvalue weighted by Gasteiger charge is -2.16. The van der Waals surface area contributed by atoms with Gasteiger partial charge in [0.1, 0.15) is 0 Å². The Morgan fingerprint density at radius 3 is 1.81 bits per heavy atom. The number of rotatable bonds is 2. The van der Waals surface area contributed by atoms with Crippen LogP contribution in [0.15, 0.2) is 34.1 Å². The molecule has 0 aromatic heterocycles. The maximum Gasteiger partial charge on any atom is 0.207 e. The van der Waals surface area contributed by atoms with Crippen LogP contribution in [0.2, 0.25) is 0 Å². The molecule has 0 atom stereocenters. The Morgan fingerprint density at radius 1 is 0.810 bits per heavy atom. The van der Waals surface area contributed by atoms with Crippen LogP contribution < -0.4 is 0 Å². The summed E-state index contributed by atoms with van der Waals surface area (Å²) in [7, 11) is -3.76. The molecule has 2 N–H and O–H groups in total. The molecule has 0 spiro atoms. The van der Waals surface area contributed by atoms with Gasteiger partial charge in [0.05, 0.1) is 9.79 Å². The predicted molar refractivity (Wildman–Crippen MR) is 80.6 cm³/mol. The van der Waals surface area contributed by atoms with Crippen LogP contribution in [0.1, 0.15) is 22.3 Å². The van der Waals surface area contributed by atoms with Crippen LogP contribution in [0, 0.1) is 27.7 Å². The highest BCUT2D eigenvalue weighted by molar-refractivity contribution is 7.91. The van der Waals surface area contributed by atoms with E-state index in [0.717, 1.165) is 17.2 Å². The van der Waals surface area contributed by atoms with Crippen LogP contribution in [0.3, 0.4) is 0 Å². The quantitative estimate of drug-likeness (QED) is 0.836. The molecule has 5 heteroatoms. The molecular weight excluding hydrogens is 288 g/mol. The minimum Gasteiger partial charge on any atom is -0.504 e. The molecule has 0 bridgehead atoms. The summed E-state index contributed by atoms with van der Waals surface area (Å²) in [5, 5.41) is 18.9. The van der Waals surface area contributed by atoms with Crippen molar-refractivity contribution in [1.29, 1.82) is 0 Å². The second-order valence-corrected chi connectivity index (χ2v) is 7.13. The molecule has 0 heterocycles. The molecule has 2 rings (SSSR count). The Hall–Kier alpha value is -2.01. The van der Waals surface area contributed by atoms with Crippen LogP contribution in [-0.4, -0.2) is 18.6 Å². The fraction of sp³-hybridized carbons (Fsp3) is 0.250. The van der Waals surface area contributed by atoms with Crippen molar-refractivity contribution in [2.45, 2.75) is 37.5 Å². The van der Waals surface area contributed by atoms with Crippen LogP contribution in [0.25, 0.3) is 0 Å². The second kappa shape index (κ2) is 5.07. The van der Waals surface area contributed by atoms with Gasteiger partial charge in [-0.05, 0) is 62.1 Å². The molecule has 2 aromatic carbocycles. The van der Waals surface area contributed by atoms with Crippen LogP contribution >= 0.6 is 0 Å². The summed E-state index contributed by atoms with van der Waals surface area (Å²) in [6, 6.07) is 5.50. The molecule has 0 aliphatic carbocycles. The molecule has 0 aliphatic rings. The Bertz CT molecular complexity index is 794. The van der Waals surface area contributed by atoms with Gasteiger partial charge in [-0.3, -0.25) is 0 Å². The van der Waals surface area contributed by atoms with Crippen molar-refractivity contribution in [2.75, 3.05) is 0 Å². The number of phenols is 2. The number of sulfone groups is 1. The third-order valence-corrected chi connectivity index (χ3v) is 5.85. The average Bonchev–Trinajstić information content (AvgIpc) is 2.39. The van der Waals surface area contributed by atoms with E-state index in [-0.39, 0.29) is 15.5 Å². The normalized spacial score (nSPS) is 11.6. The van der Waals surface area contributed by atoms with Crippen LogP contribution in [0.5, 0.6) is 11.5 Å². The predicted octanol–water partition coefficient (Wildman–Crippen LogP) is 3.16. The number of aromatic hydroxyl groups is 2. The Balaban J connectivity index is 2.79. The molecular formula is C16H18O4S. The molecule has 4 nitrogen and oxygen atoms in total. The molecule has 21 heavy (non-hydrogen) atoms. The lowest BCUT2D eigenvalue weighted by molar-refractivity contribution is 0.402. The maximum absolute atomic E-state index is 12.9. The van der Waals surface area contributed by atoms with E-state index in [1.807, 2.05) is 19.9 Å². The van der Waals surface area contributed by atoms with E-state index in [1.165, 1.54) is 12.1 Å². The van der Waals surface area contributed by atoms with Crippen molar-refractivity contribution in [3.63, 3.8) is 0 Å². The first-order valence-corrected chi connectivity index (χ1v) is 7.99. The van der Waals surface area contributed by atoms with Crippen LogP contribution in [0.4, 0.5) is 0 Å². The lowest BCUT2D eigenvalue weighted by atomic mass is 10.0. The zero-order valence-corrected chi connectivity index (χ0v) is 13.2. The van der Waals surface area contributed by atoms with E-state index in [0.29, 0.717) is 11.1 Å². The van der Waals surface area contributed by atoms with E-state index in [9.17, 15) is 18.6 Å². The van der Waals surface area contributed by atoms with Gasteiger partial charge in [-0.15, -0.1) is 0 Å². The lowest BCUT2D eigenvalue weighted by Crippen LogP contribution is -2.09. The summed E-state index contributed by atoms with van der Waals surface area (Å²) in [6.07, 6.45) is 0. The number of benzene rings is 2. The van der Waals surface area contributed by atoms with Gasteiger partial charge in [0.2, 0.25) is 9.84 Å². The van der Waals surface area contributed by atoms with E-state index in [1.54, 1.807) is 13.8 Å². The Kier molecular flexibility index (Phi) is 3.72. The summed E-state index contributed by atoms with van der Waals surface area (Å²) in [4.78, 5) is 0.235. The summed E-state index contributed by atoms with van der Waals surface area (Å²) >= 11 is 0. The van der Waals surface area contributed by atoms with Crippen LogP contribution in [-0.2, 0) is 9.84 Å². The van der Waals surface area contributed by atoms with Gasteiger partial charge in [0.15, 0.2) is 11.5 Å². The molecule has 0 fully saturated rings. The van der Waals surface area contributed by atoms with E-state index < -0.39 is 15.6 Å². The standard InChI is InChI=1S/C16H18O4S/c1-9-7-10(2)12(4)16(11(9)3)21(19,20)13-5-6-14(17)15(18)8-13/h5-8,17-18H,1-4H3. The van der Waals surface area contributed by atoms with E-state index >= 15 is 0 Å². The van der Waals surface area contributed by atoms with Gasteiger partial charge < -0.3 is 10.2 Å². The minimum atomic E-state index is -3.76. The summed E-state index contributed by atoms with van der Waals surface area (Å²) in [5.41, 5.74) is 3.20. The van der Waals surface area contributed by atoms with Crippen molar-refractivity contribution < 1.29 is 18.6 Å². The number of hydrogen-bond donors (Lipinski definition) is 2. The van der Waals surface area contributed by atoms with Crippen molar-refractivity contribution in [1.82, 2.24) is 0 Å². The van der Waals surface area contributed by atoms with Crippen molar-refractivity contribution in [3.05, 3.63) is 46.5 Å². The number of hydrogen-bond acceptors (Lipinski definition) is 4.